The molecule has 162 valence electrons. The number of carbonyl (C=O) groups is 1. The van der Waals surface area contributed by atoms with Crippen LogP contribution in [0, 0.1) is 0 Å². The Bertz CT molecular complexity index is 1190. The molecule has 1 amide bonds. The molecule has 3 aromatic rings. The summed E-state index contributed by atoms with van der Waals surface area (Å²) in [5, 5.41) is 10.00. The van der Waals surface area contributed by atoms with Crippen molar-refractivity contribution in [2.75, 3.05) is 11.9 Å². The maximum atomic E-state index is 13.0. The number of H-pyrrole nitrogens is 1. The van der Waals surface area contributed by atoms with Gasteiger partial charge in [-0.2, -0.15) is 9.40 Å². The van der Waals surface area contributed by atoms with E-state index in [0.29, 0.717) is 29.9 Å². The molecule has 2 N–H and O–H groups in total. The van der Waals surface area contributed by atoms with Crippen LogP contribution in [0.3, 0.4) is 0 Å². The molecule has 7 nitrogen and oxygen atoms in total. The van der Waals surface area contributed by atoms with Crippen LogP contribution in [0.5, 0.6) is 0 Å². The van der Waals surface area contributed by atoms with Gasteiger partial charge in [0, 0.05) is 30.6 Å². The first-order valence-corrected chi connectivity index (χ1v) is 11.6. The van der Waals surface area contributed by atoms with Crippen LogP contribution in [0.25, 0.3) is 0 Å². The fraction of sp³-hybridized carbons (Fsp3) is 0.304. The van der Waals surface area contributed by atoms with Crippen molar-refractivity contribution in [3.05, 3.63) is 77.0 Å². The van der Waals surface area contributed by atoms with Gasteiger partial charge in [0.25, 0.3) is 5.91 Å². The SMILES string of the molecule is CC(C)(C)c1ccc(C(=O)Nc2[nH]nc3c2CN(S(=O)(=O)c2ccccc2)CC3)cc1. The normalized spacial score (nSPS) is 14.8. The molecule has 0 aliphatic carbocycles. The third kappa shape index (κ3) is 4.26. The monoisotopic (exact) mass is 438 g/mol. The summed E-state index contributed by atoms with van der Waals surface area (Å²) >= 11 is 0. The summed E-state index contributed by atoms with van der Waals surface area (Å²) in [6.07, 6.45) is 0.480. The van der Waals surface area contributed by atoms with Crippen molar-refractivity contribution in [3.8, 4) is 0 Å². The summed E-state index contributed by atoms with van der Waals surface area (Å²) in [6, 6.07) is 15.9. The lowest BCUT2D eigenvalue weighted by atomic mass is 9.87. The topological polar surface area (TPSA) is 95.2 Å². The number of benzene rings is 2. The van der Waals surface area contributed by atoms with Crippen LogP contribution in [-0.4, -0.2) is 35.4 Å². The van der Waals surface area contributed by atoms with Crippen LogP contribution >= 0.6 is 0 Å². The van der Waals surface area contributed by atoms with Crippen molar-refractivity contribution in [2.24, 2.45) is 0 Å². The molecule has 0 bridgehead atoms. The zero-order valence-corrected chi connectivity index (χ0v) is 18.7. The molecule has 31 heavy (non-hydrogen) atoms. The molecule has 0 spiro atoms. The van der Waals surface area contributed by atoms with Gasteiger partial charge in [0.1, 0.15) is 5.82 Å². The molecule has 2 aromatic carbocycles. The molecule has 0 unspecified atom stereocenters. The van der Waals surface area contributed by atoms with Gasteiger partial charge in [-0.05, 0) is 35.2 Å². The van der Waals surface area contributed by atoms with Gasteiger partial charge in [0.2, 0.25) is 10.0 Å². The number of hydrogen-bond donors (Lipinski definition) is 2. The molecular formula is C23H26N4O3S. The van der Waals surface area contributed by atoms with Gasteiger partial charge in [-0.1, -0.05) is 51.1 Å². The Hall–Kier alpha value is -2.97. The largest absolute Gasteiger partial charge is 0.307 e. The van der Waals surface area contributed by atoms with Crippen molar-refractivity contribution in [3.63, 3.8) is 0 Å². The van der Waals surface area contributed by atoms with Gasteiger partial charge in [-0.3, -0.25) is 9.89 Å². The minimum absolute atomic E-state index is 0.00512. The number of aromatic amines is 1. The van der Waals surface area contributed by atoms with Crippen molar-refractivity contribution in [2.45, 2.75) is 44.0 Å². The van der Waals surface area contributed by atoms with Crippen molar-refractivity contribution >= 4 is 21.7 Å². The van der Waals surface area contributed by atoms with E-state index in [1.165, 1.54) is 4.31 Å². The van der Waals surface area contributed by atoms with Crippen LogP contribution < -0.4 is 5.32 Å². The van der Waals surface area contributed by atoms with E-state index >= 15 is 0 Å². The molecule has 0 radical (unpaired) electrons. The zero-order valence-electron chi connectivity index (χ0n) is 17.8. The van der Waals surface area contributed by atoms with E-state index in [1.807, 2.05) is 12.1 Å². The second kappa shape index (κ2) is 7.94. The van der Waals surface area contributed by atoms with E-state index < -0.39 is 10.0 Å². The molecule has 1 aliphatic heterocycles. The molecule has 0 saturated carbocycles. The van der Waals surface area contributed by atoms with Crippen LogP contribution in [-0.2, 0) is 28.4 Å². The van der Waals surface area contributed by atoms with Gasteiger partial charge in [-0.25, -0.2) is 8.42 Å². The number of hydrogen-bond acceptors (Lipinski definition) is 4. The van der Waals surface area contributed by atoms with Crippen LogP contribution in [0.1, 0.15) is 48.0 Å². The highest BCUT2D eigenvalue weighted by molar-refractivity contribution is 7.89. The number of fused-ring (bicyclic) bond motifs is 1. The number of rotatable bonds is 4. The van der Waals surface area contributed by atoms with E-state index in [2.05, 4.69) is 36.3 Å². The van der Waals surface area contributed by atoms with E-state index in [-0.39, 0.29) is 22.8 Å². The number of sulfonamides is 1. The molecular weight excluding hydrogens is 412 g/mol. The fourth-order valence-corrected chi connectivity index (χ4v) is 5.05. The van der Waals surface area contributed by atoms with E-state index in [4.69, 9.17) is 0 Å². The smallest absolute Gasteiger partial charge is 0.256 e. The Labute approximate surface area is 182 Å². The van der Waals surface area contributed by atoms with Crippen molar-refractivity contribution in [1.82, 2.24) is 14.5 Å². The number of amides is 1. The maximum Gasteiger partial charge on any atom is 0.256 e. The third-order valence-corrected chi connectivity index (χ3v) is 7.38. The lowest BCUT2D eigenvalue weighted by Crippen LogP contribution is -2.36. The van der Waals surface area contributed by atoms with Crippen molar-refractivity contribution < 1.29 is 13.2 Å². The molecule has 2 heterocycles. The summed E-state index contributed by atoms with van der Waals surface area (Å²) in [6.45, 7) is 6.86. The first-order valence-electron chi connectivity index (χ1n) is 10.2. The molecule has 8 heteroatoms. The van der Waals surface area contributed by atoms with Gasteiger partial charge >= 0.3 is 0 Å². The Balaban J connectivity index is 1.53. The molecule has 1 aliphatic rings. The minimum Gasteiger partial charge on any atom is -0.307 e. The quantitative estimate of drug-likeness (QED) is 0.649. The van der Waals surface area contributed by atoms with Crippen LogP contribution in [0.2, 0.25) is 0 Å². The number of nitrogens with one attached hydrogen (secondary N) is 2. The third-order valence-electron chi connectivity index (χ3n) is 5.52. The molecule has 0 saturated heterocycles. The van der Waals surface area contributed by atoms with Gasteiger partial charge in [0.15, 0.2) is 0 Å². The Kier molecular flexibility index (Phi) is 5.45. The Morgan fingerprint density at radius 3 is 2.39 bits per heavy atom. The summed E-state index contributed by atoms with van der Waals surface area (Å²) < 4.78 is 27.4. The second-order valence-electron chi connectivity index (χ2n) is 8.71. The van der Waals surface area contributed by atoms with Crippen LogP contribution in [0.15, 0.2) is 59.5 Å². The fourth-order valence-electron chi connectivity index (χ4n) is 3.62. The summed E-state index contributed by atoms with van der Waals surface area (Å²) in [7, 11) is -3.62. The van der Waals surface area contributed by atoms with Gasteiger partial charge < -0.3 is 5.32 Å². The maximum absolute atomic E-state index is 13.0. The van der Waals surface area contributed by atoms with E-state index in [0.717, 1.165) is 11.3 Å². The van der Waals surface area contributed by atoms with E-state index in [1.54, 1.807) is 42.5 Å². The first-order chi connectivity index (χ1) is 14.7. The number of carbonyl (C=O) groups excluding carboxylic acids is 1. The molecule has 0 fully saturated rings. The van der Waals surface area contributed by atoms with Gasteiger partial charge in [0.05, 0.1) is 10.6 Å². The standard InChI is InChI=1S/C23H26N4O3S/c1-23(2,3)17-11-9-16(10-12-17)22(28)24-21-19-15-27(14-13-20(19)25-26-21)31(29,30)18-7-5-4-6-8-18/h4-12H,13-15H2,1-3H3,(H2,24,25,26,28). The first kappa shape index (κ1) is 21.3. The molecule has 4 rings (SSSR count). The van der Waals surface area contributed by atoms with Gasteiger partial charge in [-0.15, -0.1) is 0 Å². The Morgan fingerprint density at radius 1 is 1.06 bits per heavy atom. The predicted molar refractivity (Wildman–Crippen MR) is 119 cm³/mol. The highest BCUT2D eigenvalue weighted by atomic mass is 32.2. The molecule has 0 atom stereocenters. The lowest BCUT2D eigenvalue weighted by molar-refractivity contribution is 0.102. The predicted octanol–water partition coefficient (Wildman–Crippen LogP) is 3.71. The summed E-state index contributed by atoms with van der Waals surface area (Å²) in [5.41, 5.74) is 3.15. The number of anilines is 1. The highest BCUT2D eigenvalue weighted by Gasteiger charge is 2.31. The average molecular weight is 439 g/mol. The van der Waals surface area contributed by atoms with Crippen LogP contribution in [0.4, 0.5) is 5.82 Å². The average Bonchev–Trinajstić information content (AvgIpc) is 3.16. The van der Waals surface area contributed by atoms with E-state index in [9.17, 15) is 13.2 Å². The van der Waals surface area contributed by atoms with Crippen molar-refractivity contribution in [1.29, 1.82) is 0 Å². The minimum atomic E-state index is -3.62. The second-order valence-corrected chi connectivity index (χ2v) is 10.6. The molecule has 1 aromatic heterocycles. The summed E-state index contributed by atoms with van der Waals surface area (Å²) in [4.78, 5) is 13.0. The zero-order chi connectivity index (χ0) is 22.2. The lowest BCUT2D eigenvalue weighted by Gasteiger charge is -2.26. The Morgan fingerprint density at radius 2 is 1.74 bits per heavy atom. The summed E-state index contributed by atoms with van der Waals surface area (Å²) in [5.74, 6) is 0.169. The number of aromatic nitrogens is 2. The number of nitrogens with zero attached hydrogens (tertiary/aromatic N) is 2. The highest BCUT2D eigenvalue weighted by Crippen LogP contribution is 2.28.